The molecule has 2 N–H and O–H groups in total. The monoisotopic (exact) mass is 447 g/mol. The molecule has 2 rings (SSSR count). The van der Waals surface area contributed by atoms with Crippen LogP contribution in [0.5, 0.6) is 5.75 Å². The minimum Gasteiger partial charge on any atom is -0.494 e. The molecule has 0 aliphatic rings. The fourth-order valence-electron chi connectivity index (χ4n) is 2.07. The van der Waals surface area contributed by atoms with Gasteiger partial charge in [0.05, 0.1) is 25.9 Å². The lowest BCUT2D eigenvalue weighted by Gasteiger charge is -2.11. The molecular weight excluding hydrogens is 424 g/mol. The number of hydrogen-bond donors (Lipinski definition) is 2. The van der Waals surface area contributed by atoms with Crippen molar-refractivity contribution in [3.8, 4) is 5.75 Å². The molecule has 0 saturated carbocycles. The lowest BCUT2D eigenvalue weighted by atomic mass is 10.2. The molecule has 2 aromatic rings. The molecule has 0 radical (unpaired) electrons. The number of aromatic nitrogens is 2. The Morgan fingerprint density at radius 2 is 2.12 bits per heavy atom. The summed E-state index contributed by atoms with van der Waals surface area (Å²) < 4.78 is 20.4. The zero-order valence-electron chi connectivity index (χ0n) is 14.0. The standard InChI is InChI=1S/C16H22FN5O.HI/c1-4-18-16(20-11-13-7-8-21-22(13)2)19-10-12-5-6-15(23-3)14(17)9-12;/h5-9H,4,10-11H2,1-3H3,(H2,18,19,20);1H. The quantitative estimate of drug-likeness (QED) is 0.406. The molecule has 0 spiro atoms. The number of guanidine groups is 1. The van der Waals surface area contributed by atoms with Gasteiger partial charge < -0.3 is 15.4 Å². The summed E-state index contributed by atoms with van der Waals surface area (Å²) in [5.74, 6) is 0.525. The van der Waals surface area contributed by atoms with Crippen LogP contribution >= 0.6 is 24.0 Å². The summed E-state index contributed by atoms with van der Waals surface area (Å²) in [5, 5.41) is 10.5. The first kappa shape index (κ1) is 20.2. The van der Waals surface area contributed by atoms with Crippen molar-refractivity contribution in [2.75, 3.05) is 13.7 Å². The molecule has 6 nitrogen and oxygen atoms in total. The SMILES string of the molecule is CCNC(=NCc1ccc(OC)c(F)c1)NCc1ccnn1C.I. The van der Waals surface area contributed by atoms with Gasteiger partial charge in [0, 0.05) is 19.8 Å². The molecule has 0 fully saturated rings. The molecule has 0 saturated heterocycles. The van der Waals surface area contributed by atoms with E-state index < -0.39 is 0 Å². The lowest BCUT2D eigenvalue weighted by Crippen LogP contribution is -2.37. The summed E-state index contributed by atoms with van der Waals surface area (Å²) in [5.41, 5.74) is 1.83. The topological polar surface area (TPSA) is 63.5 Å². The number of nitrogens with zero attached hydrogens (tertiary/aromatic N) is 3. The molecule has 0 amide bonds. The Morgan fingerprint density at radius 3 is 2.71 bits per heavy atom. The van der Waals surface area contributed by atoms with Gasteiger partial charge in [0.2, 0.25) is 0 Å². The van der Waals surface area contributed by atoms with Gasteiger partial charge in [0.1, 0.15) is 0 Å². The molecule has 0 bridgehead atoms. The van der Waals surface area contributed by atoms with Crippen molar-refractivity contribution < 1.29 is 9.13 Å². The van der Waals surface area contributed by atoms with Crippen LogP contribution in [0.4, 0.5) is 4.39 Å². The summed E-state index contributed by atoms with van der Waals surface area (Å²) in [6.45, 7) is 3.73. The molecule has 132 valence electrons. The second kappa shape index (κ2) is 10.1. The third-order valence-electron chi connectivity index (χ3n) is 3.34. The largest absolute Gasteiger partial charge is 0.494 e. The fraction of sp³-hybridized carbons (Fsp3) is 0.375. The Morgan fingerprint density at radius 1 is 1.33 bits per heavy atom. The van der Waals surface area contributed by atoms with Crippen LogP contribution in [0.1, 0.15) is 18.2 Å². The lowest BCUT2D eigenvalue weighted by molar-refractivity contribution is 0.386. The maximum Gasteiger partial charge on any atom is 0.191 e. The van der Waals surface area contributed by atoms with Crippen LogP contribution in [0.2, 0.25) is 0 Å². The Labute approximate surface area is 158 Å². The first-order chi connectivity index (χ1) is 11.1. The smallest absolute Gasteiger partial charge is 0.191 e. The Bertz CT molecular complexity index is 674. The van der Waals surface area contributed by atoms with E-state index in [-0.39, 0.29) is 35.5 Å². The van der Waals surface area contributed by atoms with Crippen molar-refractivity contribution in [1.82, 2.24) is 20.4 Å². The van der Waals surface area contributed by atoms with Gasteiger partial charge in [-0.3, -0.25) is 4.68 Å². The highest BCUT2D eigenvalue weighted by atomic mass is 127. The van der Waals surface area contributed by atoms with Gasteiger partial charge in [-0.05, 0) is 30.7 Å². The second-order valence-corrected chi connectivity index (χ2v) is 4.96. The number of aliphatic imine (C=N–C) groups is 1. The second-order valence-electron chi connectivity index (χ2n) is 4.96. The average Bonchev–Trinajstić information content (AvgIpc) is 2.95. The zero-order valence-corrected chi connectivity index (χ0v) is 16.4. The summed E-state index contributed by atoms with van der Waals surface area (Å²) in [7, 11) is 3.34. The van der Waals surface area contributed by atoms with Crippen LogP contribution in [0.3, 0.4) is 0 Å². The predicted octanol–water partition coefficient (Wildman–Crippen LogP) is 2.44. The van der Waals surface area contributed by atoms with E-state index in [1.165, 1.54) is 13.2 Å². The van der Waals surface area contributed by atoms with E-state index >= 15 is 0 Å². The number of nitrogens with one attached hydrogen (secondary N) is 2. The zero-order chi connectivity index (χ0) is 16.7. The predicted molar refractivity (Wildman–Crippen MR) is 103 cm³/mol. The number of ether oxygens (including phenoxy) is 1. The van der Waals surface area contributed by atoms with Gasteiger partial charge in [0.15, 0.2) is 17.5 Å². The third kappa shape index (κ3) is 5.66. The van der Waals surface area contributed by atoms with Crippen molar-refractivity contribution in [2.24, 2.45) is 12.0 Å². The van der Waals surface area contributed by atoms with Crippen LogP contribution in [0.25, 0.3) is 0 Å². The molecule has 24 heavy (non-hydrogen) atoms. The Balaban J connectivity index is 0.00000288. The van der Waals surface area contributed by atoms with Crippen molar-refractivity contribution in [3.05, 3.63) is 47.5 Å². The molecule has 1 aromatic carbocycles. The normalized spacial score (nSPS) is 10.9. The van der Waals surface area contributed by atoms with Crippen molar-refractivity contribution >= 4 is 29.9 Å². The number of rotatable bonds is 6. The maximum atomic E-state index is 13.7. The van der Waals surface area contributed by atoms with Crippen LogP contribution in [0, 0.1) is 5.82 Å². The molecule has 1 heterocycles. The third-order valence-corrected chi connectivity index (χ3v) is 3.34. The Hall–Kier alpha value is -1.84. The van der Waals surface area contributed by atoms with Gasteiger partial charge in [0.25, 0.3) is 0 Å². The van der Waals surface area contributed by atoms with Gasteiger partial charge in [-0.1, -0.05) is 6.07 Å². The van der Waals surface area contributed by atoms with E-state index in [0.29, 0.717) is 19.0 Å². The van der Waals surface area contributed by atoms with Crippen LogP contribution < -0.4 is 15.4 Å². The molecule has 0 atom stereocenters. The first-order valence-electron chi connectivity index (χ1n) is 7.45. The highest BCUT2D eigenvalue weighted by molar-refractivity contribution is 14.0. The van der Waals surface area contributed by atoms with Gasteiger partial charge >= 0.3 is 0 Å². The van der Waals surface area contributed by atoms with Crippen LogP contribution in [-0.2, 0) is 20.1 Å². The number of halogens is 2. The number of methoxy groups -OCH3 is 1. The van der Waals surface area contributed by atoms with E-state index in [1.54, 1.807) is 23.0 Å². The molecule has 0 aliphatic heterocycles. The van der Waals surface area contributed by atoms with Gasteiger partial charge in [-0.15, -0.1) is 24.0 Å². The van der Waals surface area contributed by atoms with E-state index in [9.17, 15) is 4.39 Å². The Kier molecular flexibility index (Phi) is 8.51. The number of aryl methyl sites for hydroxylation is 1. The summed E-state index contributed by atoms with van der Waals surface area (Å²) >= 11 is 0. The average molecular weight is 447 g/mol. The summed E-state index contributed by atoms with van der Waals surface area (Å²) in [4.78, 5) is 4.47. The van der Waals surface area contributed by atoms with E-state index in [4.69, 9.17) is 4.74 Å². The van der Waals surface area contributed by atoms with Gasteiger partial charge in [-0.2, -0.15) is 5.10 Å². The van der Waals surface area contributed by atoms with Crippen LogP contribution in [-0.4, -0.2) is 29.4 Å². The molecule has 1 aromatic heterocycles. The minimum atomic E-state index is -0.381. The molecular formula is C16H23FIN5O. The fourth-order valence-corrected chi connectivity index (χ4v) is 2.07. The number of benzene rings is 1. The highest BCUT2D eigenvalue weighted by Crippen LogP contribution is 2.18. The minimum absolute atomic E-state index is 0. The van der Waals surface area contributed by atoms with Crippen molar-refractivity contribution in [3.63, 3.8) is 0 Å². The van der Waals surface area contributed by atoms with E-state index in [2.05, 4.69) is 20.7 Å². The highest BCUT2D eigenvalue weighted by Gasteiger charge is 2.04. The number of hydrogen-bond acceptors (Lipinski definition) is 3. The summed E-state index contributed by atoms with van der Waals surface area (Å²) in [6.07, 6.45) is 1.75. The van der Waals surface area contributed by atoms with E-state index in [1.807, 2.05) is 20.0 Å². The summed E-state index contributed by atoms with van der Waals surface area (Å²) in [6, 6.07) is 6.79. The van der Waals surface area contributed by atoms with Gasteiger partial charge in [-0.25, -0.2) is 9.38 Å². The molecule has 8 heteroatoms. The van der Waals surface area contributed by atoms with Crippen LogP contribution in [0.15, 0.2) is 35.5 Å². The maximum absolute atomic E-state index is 13.7. The first-order valence-corrected chi connectivity index (χ1v) is 7.45. The van der Waals surface area contributed by atoms with Crippen molar-refractivity contribution in [1.29, 1.82) is 0 Å². The van der Waals surface area contributed by atoms with Crippen molar-refractivity contribution in [2.45, 2.75) is 20.0 Å². The van der Waals surface area contributed by atoms with E-state index in [0.717, 1.165) is 17.8 Å². The molecule has 0 aliphatic carbocycles. The molecule has 0 unspecified atom stereocenters.